The van der Waals surface area contributed by atoms with Crippen molar-refractivity contribution in [2.75, 3.05) is 19.6 Å². The molecule has 1 heterocycles. The summed E-state index contributed by atoms with van der Waals surface area (Å²) in [6.07, 6.45) is 2.01. The average Bonchev–Trinajstić information content (AvgIpc) is 2.55. The van der Waals surface area contributed by atoms with Gasteiger partial charge >= 0.3 is 0 Å². The minimum atomic E-state index is -0.332. The van der Waals surface area contributed by atoms with Crippen molar-refractivity contribution < 1.29 is 4.79 Å². The molecule has 0 atom stereocenters. The molecule has 0 aliphatic carbocycles. The Labute approximate surface area is 103 Å². The first-order chi connectivity index (χ1) is 8.01. The Morgan fingerprint density at radius 2 is 1.94 bits per heavy atom. The number of hydrogen-bond acceptors (Lipinski definition) is 2. The molecule has 1 aromatic rings. The molecule has 1 rings (SSSR count). The molecule has 1 aromatic heterocycles. The molecule has 1 amide bonds. The molecule has 0 spiro atoms. The van der Waals surface area contributed by atoms with Crippen LogP contribution in [0.15, 0.2) is 6.20 Å². The SMILES string of the molecule is CCN(CC)CCn1cc(C)c(C(N)=O)c1C. The molecule has 0 radical (unpaired) electrons. The number of likely N-dealkylation sites (N-methyl/N-ethyl adjacent to an activating group) is 1. The molecule has 0 saturated heterocycles. The lowest BCUT2D eigenvalue weighted by Crippen LogP contribution is -2.27. The van der Waals surface area contributed by atoms with Crippen LogP contribution in [0.4, 0.5) is 0 Å². The summed E-state index contributed by atoms with van der Waals surface area (Å²) < 4.78 is 2.12. The lowest BCUT2D eigenvalue weighted by Gasteiger charge is -2.18. The fourth-order valence-electron chi connectivity index (χ4n) is 2.22. The second kappa shape index (κ2) is 5.87. The molecule has 4 heteroatoms. The van der Waals surface area contributed by atoms with Crippen molar-refractivity contribution in [3.8, 4) is 0 Å². The third kappa shape index (κ3) is 3.09. The topological polar surface area (TPSA) is 51.3 Å². The van der Waals surface area contributed by atoms with Crippen LogP contribution in [0.25, 0.3) is 0 Å². The van der Waals surface area contributed by atoms with Gasteiger partial charge in [-0.1, -0.05) is 13.8 Å². The predicted octanol–water partition coefficient (Wildman–Crippen LogP) is 1.55. The first-order valence-electron chi connectivity index (χ1n) is 6.19. The van der Waals surface area contributed by atoms with Crippen molar-refractivity contribution in [2.24, 2.45) is 5.73 Å². The number of aryl methyl sites for hydroxylation is 1. The first kappa shape index (κ1) is 13.8. The monoisotopic (exact) mass is 237 g/mol. The summed E-state index contributed by atoms with van der Waals surface area (Å²) in [7, 11) is 0. The maximum absolute atomic E-state index is 11.3. The standard InChI is InChI=1S/C13H23N3O/c1-5-15(6-2)7-8-16-9-10(3)12(11(16)4)13(14)17/h9H,5-8H2,1-4H3,(H2,14,17). The van der Waals surface area contributed by atoms with Gasteiger partial charge in [-0.2, -0.15) is 0 Å². The lowest BCUT2D eigenvalue weighted by atomic mass is 10.1. The summed E-state index contributed by atoms with van der Waals surface area (Å²) in [5, 5.41) is 0. The van der Waals surface area contributed by atoms with Crippen LogP contribution in [0.1, 0.15) is 35.5 Å². The number of hydrogen-bond donors (Lipinski definition) is 1. The number of amides is 1. The van der Waals surface area contributed by atoms with E-state index >= 15 is 0 Å². The van der Waals surface area contributed by atoms with Gasteiger partial charge in [-0.05, 0) is 32.5 Å². The van der Waals surface area contributed by atoms with Gasteiger partial charge in [0.1, 0.15) is 0 Å². The van der Waals surface area contributed by atoms with Gasteiger partial charge in [0.05, 0.1) is 5.56 Å². The Kier molecular flexibility index (Phi) is 4.75. The van der Waals surface area contributed by atoms with E-state index in [1.165, 1.54) is 0 Å². The number of nitrogens with zero attached hydrogens (tertiary/aromatic N) is 2. The molecule has 0 aliphatic rings. The molecule has 17 heavy (non-hydrogen) atoms. The van der Waals surface area contributed by atoms with E-state index in [0.29, 0.717) is 5.56 Å². The van der Waals surface area contributed by atoms with Gasteiger partial charge in [0.25, 0.3) is 5.91 Å². The summed E-state index contributed by atoms with van der Waals surface area (Å²) in [6, 6.07) is 0. The minimum Gasteiger partial charge on any atom is -0.366 e. The highest BCUT2D eigenvalue weighted by molar-refractivity contribution is 5.95. The van der Waals surface area contributed by atoms with Crippen molar-refractivity contribution in [3.63, 3.8) is 0 Å². The fraction of sp³-hybridized carbons (Fsp3) is 0.615. The maximum atomic E-state index is 11.3. The van der Waals surface area contributed by atoms with E-state index in [1.807, 2.05) is 20.0 Å². The largest absolute Gasteiger partial charge is 0.366 e. The van der Waals surface area contributed by atoms with Crippen molar-refractivity contribution >= 4 is 5.91 Å². The Morgan fingerprint density at radius 3 is 2.35 bits per heavy atom. The van der Waals surface area contributed by atoms with E-state index in [4.69, 9.17) is 5.73 Å². The van der Waals surface area contributed by atoms with Gasteiger partial charge in [-0.3, -0.25) is 4.79 Å². The number of carbonyl (C=O) groups is 1. The maximum Gasteiger partial charge on any atom is 0.250 e. The first-order valence-corrected chi connectivity index (χ1v) is 6.19. The van der Waals surface area contributed by atoms with Gasteiger partial charge in [-0.15, -0.1) is 0 Å². The van der Waals surface area contributed by atoms with Crippen LogP contribution in [0.2, 0.25) is 0 Å². The Morgan fingerprint density at radius 1 is 1.35 bits per heavy atom. The van der Waals surface area contributed by atoms with Crippen molar-refractivity contribution in [1.29, 1.82) is 0 Å². The average molecular weight is 237 g/mol. The van der Waals surface area contributed by atoms with Crippen molar-refractivity contribution in [1.82, 2.24) is 9.47 Å². The van der Waals surface area contributed by atoms with Crippen LogP contribution in [0, 0.1) is 13.8 Å². The molecular formula is C13H23N3O. The third-order valence-electron chi connectivity index (χ3n) is 3.33. The predicted molar refractivity (Wildman–Crippen MR) is 70.2 cm³/mol. The van der Waals surface area contributed by atoms with Crippen LogP contribution in [0.5, 0.6) is 0 Å². The van der Waals surface area contributed by atoms with E-state index in [-0.39, 0.29) is 5.91 Å². The summed E-state index contributed by atoms with van der Waals surface area (Å²) in [5.74, 6) is -0.332. The van der Waals surface area contributed by atoms with E-state index < -0.39 is 0 Å². The van der Waals surface area contributed by atoms with Crippen molar-refractivity contribution in [2.45, 2.75) is 34.2 Å². The second-order valence-corrected chi connectivity index (χ2v) is 4.36. The second-order valence-electron chi connectivity index (χ2n) is 4.36. The number of rotatable bonds is 6. The van der Waals surface area contributed by atoms with Crippen LogP contribution in [-0.4, -0.2) is 35.0 Å². The molecule has 2 N–H and O–H groups in total. The quantitative estimate of drug-likeness (QED) is 0.816. The zero-order valence-electron chi connectivity index (χ0n) is 11.3. The molecule has 0 saturated carbocycles. The normalized spacial score (nSPS) is 11.1. The minimum absolute atomic E-state index is 0.332. The van der Waals surface area contributed by atoms with E-state index in [0.717, 1.165) is 37.4 Å². The number of nitrogens with two attached hydrogens (primary N) is 1. The molecule has 0 bridgehead atoms. The van der Waals surface area contributed by atoms with Gasteiger partial charge in [0, 0.05) is 25.0 Å². The number of aromatic nitrogens is 1. The van der Waals surface area contributed by atoms with Crippen molar-refractivity contribution in [3.05, 3.63) is 23.0 Å². The van der Waals surface area contributed by atoms with Crippen LogP contribution in [-0.2, 0) is 6.54 Å². The summed E-state index contributed by atoms with van der Waals surface area (Å²) in [5.41, 5.74) is 7.99. The zero-order valence-corrected chi connectivity index (χ0v) is 11.3. The molecule has 0 aliphatic heterocycles. The molecule has 0 aromatic carbocycles. The molecule has 96 valence electrons. The van der Waals surface area contributed by atoms with Gasteiger partial charge in [0.15, 0.2) is 0 Å². The Hall–Kier alpha value is -1.29. The summed E-state index contributed by atoms with van der Waals surface area (Å²) in [4.78, 5) is 13.7. The molecular weight excluding hydrogens is 214 g/mol. The van der Waals surface area contributed by atoms with Crippen LogP contribution >= 0.6 is 0 Å². The highest BCUT2D eigenvalue weighted by atomic mass is 16.1. The summed E-state index contributed by atoms with van der Waals surface area (Å²) in [6.45, 7) is 12.2. The Bertz CT molecular complexity index is 392. The molecule has 0 unspecified atom stereocenters. The van der Waals surface area contributed by atoms with Crippen LogP contribution < -0.4 is 5.73 Å². The zero-order chi connectivity index (χ0) is 13.0. The molecule has 0 fully saturated rings. The smallest absolute Gasteiger partial charge is 0.250 e. The van der Waals surface area contributed by atoms with Gasteiger partial charge in [-0.25, -0.2) is 0 Å². The van der Waals surface area contributed by atoms with E-state index in [1.54, 1.807) is 0 Å². The lowest BCUT2D eigenvalue weighted by molar-refractivity contribution is 0.0999. The highest BCUT2D eigenvalue weighted by Gasteiger charge is 2.14. The van der Waals surface area contributed by atoms with Gasteiger partial charge < -0.3 is 15.2 Å². The Balaban J connectivity index is 2.79. The molecule has 4 nitrogen and oxygen atoms in total. The van der Waals surface area contributed by atoms with Crippen LogP contribution in [0.3, 0.4) is 0 Å². The summed E-state index contributed by atoms with van der Waals surface area (Å²) >= 11 is 0. The fourth-order valence-corrected chi connectivity index (χ4v) is 2.22. The number of primary amides is 1. The van der Waals surface area contributed by atoms with E-state index in [2.05, 4.69) is 23.3 Å². The third-order valence-corrected chi connectivity index (χ3v) is 3.33. The van der Waals surface area contributed by atoms with Gasteiger partial charge in [0.2, 0.25) is 0 Å². The van der Waals surface area contributed by atoms with E-state index in [9.17, 15) is 4.79 Å². The number of carbonyl (C=O) groups excluding carboxylic acids is 1. The highest BCUT2D eigenvalue weighted by Crippen LogP contribution is 2.15.